The first kappa shape index (κ1) is 18.0. The Bertz CT molecular complexity index is 369. The number of unbranched alkanes of at least 4 members (excludes halogenated alkanes) is 1. The Labute approximate surface area is 127 Å². The number of carboxylic acid groups (broad SMARTS) is 1. The molecule has 5 nitrogen and oxygen atoms in total. The number of nitrogens with one attached hydrogen (secondary N) is 2. The molecule has 5 heteroatoms. The van der Waals surface area contributed by atoms with Crippen LogP contribution in [0.4, 0.5) is 0 Å². The number of carbonyl (C=O) groups is 2. The molecule has 0 aliphatic heterocycles. The monoisotopic (exact) mass is 298 g/mol. The number of hydrogen-bond acceptors (Lipinski definition) is 3. The number of amides is 1. The van der Waals surface area contributed by atoms with Crippen molar-refractivity contribution in [1.29, 1.82) is 0 Å². The third kappa shape index (κ3) is 4.70. The predicted octanol–water partition coefficient (Wildman–Crippen LogP) is 2.02. The first-order chi connectivity index (χ1) is 9.80. The Kier molecular flexibility index (Phi) is 6.65. The molecule has 1 amide bonds. The van der Waals surface area contributed by atoms with Crippen molar-refractivity contribution in [3.05, 3.63) is 0 Å². The highest BCUT2D eigenvalue weighted by Gasteiger charge is 2.46. The molecule has 0 aromatic carbocycles. The van der Waals surface area contributed by atoms with Crippen LogP contribution in [-0.4, -0.2) is 36.1 Å². The van der Waals surface area contributed by atoms with Crippen molar-refractivity contribution in [2.75, 3.05) is 13.1 Å². The van der Waals surface area contributed by atoms with Crippen molar-refractivity contribution < 1.29 is 14.7 Å². The zero-order valence-corrected chi connectivity index (χ0v) is 13.7. The van der Waals surface area contributed by atoms with Crippen molar-refractivity contribution in [3.8, 4) is 0 Å². The van der Waals surface area contributed by atoms with Gasteiger partial charge < -0.3 is 15.7 Å². The molecule has 0 saturated heterocycles. The van der Waals surface area contributed by atoms with Crippen LogP contribution in [0.25, 0.3) is 0 Å². The Morgan fingerprint density at radius 1 is 1.29 bits per heavy atom. The average Bonchev–Trinajstić information content (AvgIpc) is 2.40. The molecule has 1 saturated carbocycles. The van der Waals surface area contributed by atoms with Gasteiger partial charge in [-0.2, -0.15) is 0 Å². The van der Waals surface area contributed by atoms with Gasteiger partial charge in [0.25, 0.3) is 0 Å². The van der Waals surface area contributed by atoms with E-state index < -0.39 is 5.97 Å². The minimum Gasteiger partial charge on any atom is -0.481 e. The van der Waals surface area contributed by atoms with Crippen LogP contribution >= 0.6 is 0 Å². The highest BCUT2D eigenvalue weighted by atomic mass is 16.4. The first-order valence-corrected chi connectivity index (χ1v) is 8.03. The van der Waals surface area contributed by atoms with Gasteiger partial charge in [-0.25, -0.2) is 0 Å². The summed E-state index contributed by atoms with van der Waals surface area (Å²) in [4.78, 5) is 23.1. The molecular formula is C16H30N2O3. The summed E-state index contributed by atoms with van der Waals surface area (Å²) in [6.07, 6.45) is 3.54. The molecule has 0 heterocycles. The maximum Gasteiger partial charge on any atom is 0.307 e. The number of hydrogen-bond donors (Lipinski definition) is 3. The quantitative estimate of drug-likeness (QED) is 0.628. The summed E-state index contributed by atoms with van der Waals surface area (Å²) in [5, 5.41) is 15.5. The maximum atomic E-state index is 11.7. The van der Waals surface area contributed by atoms with Crippen LogP contribution in [0.15, 0.2) is 0 Å². The van der Waals surface area contributed by atoms with Crippen LogP contribution in [0, 0.1) is 17.3 Å². The molecule has 3 atom stereocenters. The van der Waals surface area contributed by atoms with Gasteiger partial charge in [0.15, 0.2) is 0 Å². The van der Waals surface area contributed by atoms with Crippen LogP contribution in [0.5, 0.6) is 0 Å². The molecule has 3 unspecified atom stereocenters. The van der Waals surface area contributed by atoms with Gasteiger partial charge in [0, 0.05) is 12.6 Å². The van der Waals surface area contributed by atoms with Crippen LogP contribution in [0.2, 0.25) is 0 Å². The van der Waals surface area contributed by atoms with E-state index >= 15 is 0 Å². The summed E-state index contributed by atoms with van der Waals surface area (Å²) in [6.45, 7) is 9.25. The number of rotatable bonds is 7. The highest BCUT2D eigenvalue weighted by molar-refractivity contribution is 5.78. The van der Waals surface area contributed by atoms with Gasteiger partial charge in [0.05, 0.1) is 12.5 Å². The summed E-state index contributed by atoms with van der Waals surface area (Å²) in [5.74, 6) is -0.767. The lowest BCUT2D eigenvalue weighted by molar-refractivity contribution is -0.150. The van der Waals surface area contributed by atoms with Gasteiger partial charge >= 0.3 is 5.97 Å². The van der Waals surface area contributed by atoms with E-state index in [2.05, 4.69) is 24.5 Å². The van der Waals surface area contributed by atoms with E-state index in [-0.39, 0.29) is 29.2 Å². The molecule has 0 bridgehead atoms. The second-order valence-electron chi connectivity index (χ2n) is 6.77. The molecule has 0 radical (unpaired) electrons. The van der Waals surface area contributed by atoms with Crippen molar-refractivity contribution in [2.24, 2.45) is 17.3 Å². The Balaban J connectivity index is 2.47. The summed E-state index contributed by atoms with van der Waals surface area (Å²) in [6, 6.07) is 0.201. The van der Waals surface area contributed by atoms with Crippen LogP contribution in [0.3, 0.4) is 0 Å². The fourth-order valence-electron chi connectivity index (χ4n) is 3.22. The maximum absolute atomic E-state index is 11.7. The van der Waals surface area contributed by atoms with Crippen molar-refractivity contribution in [1.82, 2.24) is 10.6 Å². The fourth-order valence-corrected chi connectivity index (χ4v) is 3.22. The predicted molar refractivity (Wildman–Crippen MR) is 83.0 cm³/mol. The molecule has 1 fully saturated rings. The molecule has 0 aromatic rings. The number of carbonyl (C=O) groups excluding carboxylic acids is 1. The van der Waals surface area contributed by atoms with E-state index in [0.29, 0.717) is 13.0 Å². The van der Waals surface area contributed by atoms with E-state index in [1.54, 1.807) is 0 Å². The van der Waals surface area contributed by atoms with Crippen molar-refractivity contribution in [3.63, 3.8) is 0 Å². The van der Waals surface area contributed by atoms with Gasteiger partial charge in [-0.15, -0.1) is 0 Å². The number of aliphatic carboxylic acids is 1. The Morgan fingerprint density at radius 2 is 1.95 bits per heavy atom. The lowest BCUT2D eigenvalue weighted by atomic mass is 9.61. The van der Waals surface area contributed by atoms with E-state index in [1.165, 1.54) is 0 Å². The lowest BCUT2D eigenvalue weighted by Crippen LogP contribution is -2.52. The number of carboxylic acids is 1. The first-order valence-electron chi connectivity index (χ1n) is 8.03. The Hall–Kier alpha value is -1.10. The lowest BCUT2D eigenvalue weighted by Gasteiger charge is -2.46. The molecule has 1 aliphatic rings. The SMILES string of the molecule is CCCCNC(=O)CNC1CCC(C(=O)O)C(C)(C)C1C. The molecule has 0 spiro atoms. The third-order valence-corrected chi connectivity index (χ3v) is 5.12. The summed E-state index contributed by atoms with van der Waals surface area (Å²) in [5.41, 5.74) is -0.263. The second kappa shape index (κ2) is 7.78. The summed E-state index contributed by atoms with van der Waals surface area (Å²) < 4.78 is 0. The molecule has 3 N–H and O–H groups in total. The zero-order valence-electron chi connectivity index (χ0n) is 13.7. The van der Waals surface area contributed by atoms with E-state index in [1.807, 2.05) is 13.8 Å². The van der Waals surface area contributed by atoms with Gasteiger partial charge in [0.1, 0.15) is 0 Å². The van der Waals surface area contributed by atoms with Crippen molar-refractivity contribution >= 4 is 11.9 Å². The normalized spacial score (nSPS) is 28.1. The molecule has 21 heavy (non-hydrogen) atoms. The van der Waals surface area contributed by atoms with Gasteiger partial charge in [-0.05, 0) is 30.6 Å². The largest absolute Gasteiger partial charge is 0.481 e. The second-order valence-corrected chi connectivity index (χ2v) is 6.77. The van der Waals surface area contributed by atoms with Crippen molar-refractivity contribution in [2.45, 2.75) is 59.4 Å². The summed E-state index contributed by atoms with van der Waals surface area (Å²) >= 11 is 0. The minimum absolute atomic E-state index is 0.0221. The minimum atomic E-state index is -0.706. The third-order valence-electron chi connectivity index (χ3n) is 5.12. The van der Waals surface area contributed by atoms with Crippen LogP contribution in [-0.2, 0) is 9.59 Å². The summed E-state index contributed by atoms with van der Waals surface area (Å²) in [7, 11) is 0. The molecule has 1 rings (SSSR count). The van der Waals surface area contributed by atoms with E-state index in [0.717, 1.165) is 25.8 Å². The zero-order chi connectivity index (χ0) is 16.0. The van der Waals surface area contributed by atoms with E-state index in [4.69, 9.17) is 0 Å². The van der Waals surface area contributed by atoms with Gasteiger partial charge in [-0.1, -0.05) is 34.1 Å². The molecule has 0 aromatic heterocycles. The van der Waals surface area contributed by atoms with Crippen LogP contribution in [0.1, 0.15) is 53.4 Å². The van der Waals surface area contributed by atoms with E-state index in [9.17, 15) is 14.7 Å². The molecule has 122 valence electrons. The molecule has 1 aliphatic carbocycles. The smallest absolute Gasteiger partial charge is 0.307 e. The van der Waals surface area contributed by atoms with Gasteiger partial charge in [-0.3, -0.25) is 9.59 Å². The molecular weight excluding hydrogens is 268 g/mol. The van der Waals surface area contributed by atoms with Crippen LogP contribution < -0.4 is 10.6 Å². The topological polar surface area (TPSA) is 78.4 Å². The highest BCUT2D eigenvalue weighted by Crippen LogP contribution is 2.44. The fraction of sp³-hybridized carbons (Fsp3) is 0.875. The Morgan fingerprint density at radius 3 is 2.52 bits per heavy atom. The van der Waals surface area contributed by atoms with Gasteiger partial charge in [0.2, 0.25) is 5.91 Å². The standard InChI is InChI=1S/C16H30N2O3/c1-5-6-9-17-14(19)10-18-13-8-7-12(15(20)21)16(3,4)11(13)2/h11-13,18H,5-10H2,1-4H3,(H,17,19)(H,20,21). The average molecular weight is 298 g/mol.